The second kappa shape index (κ2) is 7.87. The van der Waals surface area contributed by atoms with Gasteiger partial charge in [-0.05, 0) is 30.7 Å². The zero-order chi connectivity index (χ0) is 19.7. The smallest absolute Gasteiger partial charge is 0.173 e. The van der Waals surface area contributed by atoms with Crippen LogP contribution in [0.5, 0.6) is 0 Å². The van der Waals surface area contributed by atoms with Crippen LogP contribution in [0.4, 0.5) is 0 Å². The summed E-state index contributed by atoms with van der Waals surface area (Å²) in [4.78, 5) is 0. The number of rotatable bonds is 5. The minimum absolute atomic E-state index is 0.414. The van der Waals surface area contributed by atoms with Crippen LogP contribution in [0.15, 0.2) is 63.7 Å². The number of aromatic nitrogens is 4. The van der Waals surface area contributed by atoms with E-state index >= 15 is 0 Å². The van der Waals surface area contributed by atoms with E-state index in [1.807, 2.05) is 48.5 Å². The lowest BCUT2D eigenvalue weighted by molar-refractivity contribution is 0.214. The molecule has 1 N–H and O–H groups in total. The van der Waals surface area contributed by atoms with Gasteiger partial charge in [-0.3, -0.25) is 0 Å². The first-order valence-corrected chi connectivity index (χ1v) is 9.73. The third kappa shape index (κ3) is 3.73. The average molecular weight is 460 g/mol. The molecule has 1 atom stereocenters. The fraction of sp³-hybridized carbons (Fsp3) is 0.150. The van der Waals surface area contributed by atoms with Gasteiger partial charge in [0.15, 0.2) is 5.76 Å². The summed E-state index contributed by atoms with van der Waals surface area (Å²) >= 11 is 9.63. The minimum atomic E-state index is -1.01. The van der Waals surface area contributed by atoms with Gasteiger partial charge in [-0.2, -0.15) is 0 Å². The predicted molar refractivity (Wildman–Crippen MR) is 109 cm³/mol. The van der Waals surface area contributed by atoms with Crippen molar-refractivity contribution in [2.45, 2.75) is 19.6 Å². The van der Waals surface area contributed by atoms with Crippen molar-refractivity contribution in [3.8, 4) is 11.3 Å². The van der Waals surface area contributed by atoms with Crippen LogP contribution in [0.2, 0.25) is 5.02 Å². The number of hydrogen-bond acceptors (Lipinski definition) is 5. The first kappa shape index (κ1) is 18.9. The summed E-state index contributed by atoms with van der Waals surface area (Å²) in [7, 11) is 0. The maximum Gasteiger partial charge on any atom is 0.173 e. The molecule has 0 radical (unpaired) electrons. The van der Waals surface area contributed by atoms with E-state index in [0.29, 0.717) is 34.3 Å². The molecule has 0 aliphatic rings. The fourth-order valence-corrected chi connectivity index (χ4v) is 3.43. The van der Waals surface area contributed by atoms with Gasteiger partial charge in [-0.25, -0.2) is 4.68 Å². The normalized spacial score (nSPS) is 12.3. The van der Waals surface area contributed by atoms with Crippen LogP contribution in [0.25, 0.3) is 11.3 Å². The van der Waals surface area contributed by atoms with Crippen molar-refractivity contribution in [1.82, 2.24) is 20.2 Å². The van der Waals surface area contributed by atoms with E-state index in [9.17, 15) is 5.11 Å². The molecule has 4 aromatic rings. The highest BCUT2D eigenvalue weighted by atomic mass is 79.9. The second-order valence-electron chi connectivity index (χ2n) is 6.35. The Morgan fingerprint density at radius 1 is 1.18 bits per heavy atom. The van der Waals surface area contributed by atoms with Crippen molar-refractivity contribution < 1.29 is 9.63 Å². The zero-order valence-electron chi connectivity index (χ0n) is 14.9. The number of benzene rings is 2. The standard InChI is InChI=1S/C20H16BrClN4O2/c1-12-18(20(28-24-12)13-6-8-15(21)9-7-13)19(27)17-11-26(25-23-17)10-14-4-2-3-5-16(14)22/h2-9,11,19,27H,10H2,1H3/t19-/m0/s1. The van der Waals surface area contributed by atoms with Crippen LogP contribution in [0.3, 0.4) is 0 Å². The van der Waals surface area contributed by atoms with E-state index in [0.717, 1.165) is 15.6 Å². The molecule has 0 saturated carbocycles. The molecule has 0 fully saturated rings. The molecule has 2 aromatic heterocycles. The number of nitrogens with zero attached hydrogens (tertiary/aromatic N) is 4. The lowest BCUT2D eigenvalue weighted by Gasteiger charge is -2.08. The molecular weight excluding hydrogens is 444 g/mol. The summed E-state index contributed by atoms with van der Waals surface area (Å²) in [5.41, 5.74) is 3.34. The van der Waals surface area contributed by atoms with Gasteiger partial charge in [0.1, 0.15) is 11.8 Å². The number of aryl methyl sites for hydroxylation is 1. The Labute approximate surface area is 174 Å². The molecule has 142 valence electrons. The van der Waals surface area contributed by atoms with Gasteiger partial charge in [0, 0.05) is 15.1 Å². The molecule has 6 nitrogen and oxygen atoms in total. The molecular formula is C20H16BrClN4O2. The molecule has 28 heavy (non-hydrogen) atoms. The van der Waals surface area contributed by atoms with Crippen molar-refractivity contribution in [1.29, 1.82) is 0 Å². The molecule has 4 rings (SSSR count). The Hall–Kier alpha value is -2.48. The van der Waals surface area contributed by atoms with Crippen molar-refractivity contribution in [3.05, 3.63) is 86.7 Å². The number of halogens is 2. The van der Waals surface area contributed by atoms with Crippen LogP contribution in [-0.2, 0) is 6.54 Å². The maximum atomic E-state index is 10.9. The summed E-state index contributed by atoms with van der Waals surface area (Å²) in [6, 6.07) is 15.2. The minimum Gasteiger partial charge on any atom is -0.382 e. The summed E-state index contributed by atoms with van der Waals surface area (Å²) < 4.78 is 8.08. The highest BCUT2D eigenvalue weighted by Gasteiger charge is 2.25. The third-order valence-corrected chi connectivity index (χ3v) is 5.31. The van der Waals surface area contributed by atoms with E-state index in [1.54, 1.807) is 17.8 Å². The van der Waals surface area contributed by atoms with Gasteiger partial charge in [0.05, 0.1) is 24.0 Å². The first-order valence-electron chi connectivity index (χ1n) is 8.56. The van der Waals surface area contributed by atoms with Crippen LogP contribution in [0, 0.1) is 6.92 Å². The fourth-order valence-electron chi connectivity index (χ4n) is 2.97. The van der Waals surface area contributed by atoms with Gasteiger partial charge < -0.3 is 9.63 Å². The molecule has 2 aromatic carbocycles. The topological polar surface area (TPSA) is 77.0 Å². The molecule has 0 bridgehead atoms. The summed E-state index contributed by atoms with van der Waals surface area (Å²) in [5, 5.41) is 23.9. The Morgan fingerprint density at radius 3 is 2.68 bits per heavy atom. The van der Waals surface area contributed by atoms with E-state index < -0.39 is 6.10 Å². The Bertz CT molecular complexity index is 1110. The SMILES string of the molecule is Cc1noc(-c2ccc(Br)cc2)c1[C@@H](O)c1cn(Cc2ccccc2Cl)nn1. The van der Waals surface area contributed by atoms with E-state index in [-0.39, 0.29) is 0 Å². The highest BCUT2D eigenvalue weighted by Crippen LogP contribution is 2.34. The van der Waals surface area contributed by atoms with E-state index in [4.69, 9.17) is 16.1 Å². The van der Waals surface area contributed by atoms with Gasteiger partial charge in [-0.1, -0.05) is 68.2 Å². The zero-order valence-corrected chi connectivity index (χ0v) is 17.2. The molecule has 8 heteroatoms. The van der Waals surface area contributed by atoms with Gasteiger partial charge in [-0.15, -0.1) is 5.10 Å². The Kier molecular flexibility index (Phi) is 5.30. The highest BCUT2D eigenvalue weighted by molar-refractivity contribution is 9.10. The largest absolute Gasteiger partial charge is 0.382 e. The molecule has 0 spiro atoms. The number of hydrogen-bond donors (Lipinski definition) is 1. The molecule has 0 amide bonds. The Morgan fingerprint density at radius 2 is 1.93 bits per heavy atom. The predicted octanol–water partition coefficient (Wildman–Crippen LogP) is 4.79. The van der Waals surface area contributed by atoms with Crippen molar-refractivity contribution in [2.75, 3.05) is 0 Å². The Balaban J connectivity index is 1.63. The summed E-state index contributed by atoms with van der Waals surface area (Å²) in [5.74, 6) is 0.512. The lowest BCUT2D eigenvalue weighted by Crippen LogP contribution is -2.03. The lowest BCUT2D eigenvalue weighted by atomic mass is 10.0. The van der Waals surface area contributed by atoms with Crippen molar-refractivity contribution >= 4 is 27.5 Å². The van der Waals surface area contributed by atoms with Gasteiger partial charge >= 0.3 is 0 Å². The summed E-state index contributed by atoms with van der Waals surface area (Å²) in [6.07, 6.45) is 0.691. The average Bonchev–Trinajstić information content (AvgIpc) is 3.31. The van der Waals surface area contributed by atoms with Crippen LogP contribution in [0.1, 0.15) is 28.6 Å². The van der Waals surface area contributed by atoms with Gasteiger partial charge in [0.2, 0.25) is 0 Å². The molecule has 2 heterocycles. The summed E-state index contributed by atoms with van der Waals surface area (Å²) in [6.45, 7) is 2.25. The monoisotopic (exact) mass is 458 g/mol. The van der Waals surface area contributed by atoms with Crippen LogP contribution >= 0.6 is 27.5 Å². The number of aliphatic hydroxyl groups excluding tert-OH is 1. The maximum absolute atomic E-state index is 10.9. The van der Waals surface area contributed by atoms with Crippen LogP contribution in [-0.4, -0.2) is 25.3 Å². The van der Waals surface area contributed by atoms with Crippen molar-refractivity contribution in [2.24, 2.45) is 0 Å². The third-order valence-electron chi connectivity index (χ3n) is 4.41. The van der Waals surface area contributed by atoms with Crippen LogP contribution < -0.4 is 0 Å². The second-order valence-corrected chi connectivity index (χ2v) is 7.68. The van der Waals surface area contributed by atoms with E-state index in [1.165, 1.54) is 0 Å². The molecule has 0 aliphatic carbocycles. The molecule has 0 aliphatic heterocycles. The quantitative estimate of drug-likeness (QED) is 0.464. The first-order chi connectivity index (χ1) is 13.5. The van der Waals surface area contributed by atoms with Crippen molar-refractivity contribution in [3.63, 3.8) is 0 Å². The molecule has 0 unspecified atom stereocenters. The van der Waals surface area contributed by atoms with Gasteiger partial charge in [0.25, 0.3) is 0 Å². The number of aliphatic hydroxyl groups is 1. The van der Waals surface area contributed by atoms with E-state index in [2.05, 4.69) is 31.4 Å². The molecule has 0 saturated heterocycles.